The molecule has 0 saturated carbocycles. The van der Waals surface area contributed by atoms with Crippen molar-refractivity contribution in [2.75, 3.05) is 20.3 Å². The Morgan fingerprint density at radius 1 is 0.909 bits per heavy atom. The number of hydrogen-bond donors (Lipinski definition) is 2. The Bertz CT molecular complexity index is 899. The van der Waals surface area contributed by atoms with Crippen LogP contribution in [0.2, 0.25) is 0 Å². The molecule has 0 bridgehead atoms. The van der Waals surface area contributed by atoms with E-state index in [-0.39, 0.29) is 12.5 Å². The maximum absolute atomic E-state index is 12.9. The van der Waals surface area contributed by atoms with Gasteiger partial charge >= 0.3 is 5.97 Å². The van der Waals surface area contributed by atoms with Gasteiger partial charge < -0.3 is 20.1 Å². The fourth-order valence-corrected chi connectivity index (χ4v) is 3.37. The van der Waals surface area contributed by atoms with Crippen LogP contribution in [-0.4, -0.2) is 38.0 Å². The van der Waals surface area contributed by atoms with Gasteiger partial charge in [0.05, 0.1) is 19.6 Å². The van der Waals surface area contributed by atoms with Gasteiger partial charge in [0.15, 0.2) is 0 Å². The molecule has 0 aliphatic rings. The molecule has 178 valence electrons. The van der Waals surface area contributed by atoms with Crippen LogP contribution in [0.4, 0.5) is 0 Å². The third kappa shape index (κ3) is 8.25. The van der Waals surface area contributed by atoms with Crippen LogP contribution in [0.5, 0.6) is 5.75 Å². The summed E-state index contributed by atoms with van der Waals surface area (Å²) in [5.41, 5.74) is 1.42. The Hall–Kier alpha value is -3.35. The van der Waals surface area contributed by atoms with Gasteiger partial charge in [-0.1, -0.05) is 62.7 Å². The number of rotatable bonds is 12. The molecule has 0 heterocycles. The Balaban J connectivity index is 2.15. The van der Waals surface area contributed by atoms with Crippen LogP contribution in [0.25, 0.3) is 0 Å². The third-order valence-electron chi connectivity index (χ3n) is 5.41. The molecule has 2 rings (SSSR count). The molecule has 0 aromatic heterocycles. The van der Waals surface area contributed by atoms with Crippen molar-refractivity contribution in [1.29, 1.82) is 0 Å². The minimum Gasteiger partial charge on any atom is -0.493 e. The fraction of sp³-hybridized carbons (Fsp3) is 0.423. The summed E-state index contributed by atoms with van der Waals surface area (Å²) in [6.07, 6.45) is 2.19. The van der Waals surface area contributed by atoms with E-state index in [0.717, 1.165) is 18.4 Å². The minimum absolute atomic E-state index is 0.285. The van der Waals surface area contributed by atoms with Crippen molar-refractivity contribution in [1.82, 2.24) is 10.6 Å². The van der Waals surface area contributed by atoms with Crippen LogP contribution in [0.1, 0.15) is 56.7 Å². The van der Waals surface area contributed by atoms with Crippen LogP contribution in [0.15, 0.2) is 54.6 Å². The number of carbonyl (C=O) groups is 3. The van der Waals surface area contributed by atoms with Gasteiger partial charge in [0.1, 0.15) is 18.3 Å². The number of esters is 1. The van der Waals surface area contributed by atoms with Gasteiger partial charge in [-0.15, -0.1) is 0 Å². The summed E-state index contributed by atoms with van der Waals surface area (Å²) in [6.45, 7) is 6.39. The molecule has 2 amide bonds. The molecule has 0 aliphatic heterocycles. The highest BCUT2D eigenvalue weighted by molar-refractivity contribution is 5.92. The van der Waals surface area contributed by atoms with Crippen molar-refractivity contribution >= 4 is 17.8 Å². The number of hydrogen-bond acceptors (Lipinski definition) is 5. The average molecular weight is 455 g/mol. The number of methoxy groups -OCH3 is 1. The molecule has 2 aromatic carbocycles. The number of benzene rings is 2. The first kappa shape index (κ1) is 25.9. The van der Waals surface area contributed by atoms with Crippen LogP contribution in [0, 0.1) is 5.92 Å². The highest BCUT2D eigenvalue weighted by Gasteiger charge is 2.26. The van der Waals surface area contributed by atoms with Crippen LogP contribution in [0.3, 0.4) is 0 Å². The summed E-state index contributed by atoms with van der Waals surface area (Å²) < 4.78 is 10.4. The van der Waals surface area contributed by atoms with E-state index in [0.29, 0.717) is 23.8 Å². The van der Waals surface area contributed by atoms with E-state index < -0.39 is 23.8 Å². The normalized spacial score (nSPS) is 13.3. The van der Waals surface area contributed by atoms with E-state index in [4.69, 9.17) is 4.74 Å². The lowest BCUT2D eigenvalue weighted by atomic mass is 9.99. The summed E-state index contributed by atoms with van der Waals surface area (Å²) in [6, 6.07) is 15.4. The van der Waals surface area contributed by atoms with Gasteiger partial charge in [-0.05, 0) is 42.5 Å². The Kier molecular flexibility index (Phi) is 10.4. The monoisotopic (exact) mass is 454 g/mol. The first-order valence-electron chi connectivity index (χ1n) is 11.3. The summed E-state index contributed by atoms with van der Waals surface area (Å²) in [5, 5.41) is 5.34. The molecule has 2 N–H and O–H groups in total. The summed E-state index contributed by atoms with van der Waals surface area (Å²) in [7, 11) is 1.25. The van der Waals surface area contributed by atoms with Crippen molar-refractivity contribution in [2.24, 2.45) is 5.92 Å². The quantitative estimate of drug-likeness (QED) is 0.477. The molecular formula is C26H34N2O5. The molecule has 7 heteroatoms. The molecule has 0 radical (unpaired) electrons. The highest BCUT2D eigenvalue weighted by atomic mass is 16.5. The van der Waals surface area contributed by atoms with E-state index in [9.17, 15) is 14.4 Å². The molecule has 0 aliphatic carbocycles. The van der Waals surface area contributed by atoms with E-state index in [1.165, 1.54) is 7.11 Å². The van der Waals surface area contributed by atoms with E-state index in [1.54, 1.807) is 31.2 Å². The van der Waals surface area contributed by atoms with Gasteiger partial charge in [-0.2, -0.15) is 0 Å². The summed E-state index contributed by atoms with van der Waals surface area (Å²) in [4.78, 5) is 37.3. The average Bonchev–Trinajstić information content (AvgIpc) is 2.84. The zero-order chi connectivity index (χ0) is 24.2. The van der Waals surface area contributed by atoms with E-state index in [2.05, 4.69) is 29.2 Å². The van der Waals surface area contributed by atoms with Crippen molar-refractivity contribution in [3.63, 3.8) is 0 Å². The second-order valence-corrected chi connectivity index (χ2v) is 8.14. The fourth-order valence-electron chi connectivity index (χ4n) is 3.37. The smallest absolute Gasteiger partial charge is 0.325 e. The van der Waals surface area contributed by atoms with Crippen LogP contribution < -0.4 is 15.4 Å². The van der Waals surface area contributed by atoms with Gasteiger partial charge in [0.25, 0.3) is 0 Å². The maximum Gasteiger partial charge on any atom is 0.325 e. The lowest BCUT2D eigenvalue weighted by molar-refractivity contribution is -0.141. The molecule has 1 unspecified atom stereocenters. The predicted octanol–water partition coefficient (Wildman–Crippen LogP) is 3.75. The number of carbonyl (C=O) groups excluding carboxylic acids is 3. The standard InChI is InChI=1S/C26H34N2O5/c1-5-9-18(2)17-33-22-14-12-21(13-15-22)24(26(31)27-16-23(29)32-4)28-25(30)19(3)20-10-7-6-8-11-20/h6-8,10-15,18-19,24H,5,9,16-17H2,1-4H3,(H,27,31)(H,28,30)/t18?,19-,24+/m0/s1. The zero-order valence-corrected chi connectivity index (χ0v) is 19.8. The van der Waals surface area contributed by atoms with Crippen molar-refractivity contribution in [3.8, 4) is 5.75 Å². The van der Waals surface area contributed by atoms with Crippen LogP contribution in [-0.2, 0) is 19.1 Å². The first-order valence-corrected chi connectivity index (χ1v) is 11.3. The number of ether oxygens (including phenoxy) is 2. The molecule has 0 spiro atoms. The Morgan fingerprint density at radius 2 is 1.58 bits per heavy atom. The van der Waals surface area contributed by atoms with E-state index in [1.807, 2.05) is 30.3 Å². The molecule has 0 saturated heterocycles. The highest BCUT2D eigenvalue weighted by Crippen LogP contribution is 2.22. The minimum atomic E-state index is -0.971. The summed E-state index contributed by atoms with van der Waals surface area (Å²) >= 11 is 0. The maximum atomic E-state index is 12.9. The molecular weight excluding hydrogens is 420 g/mol. The Morgan fingerprint density at radius 3 is 2.18 bits per heavy atom. The van der Waals surface area contributed by atoms with Gasteiger partial charge in [-0.3, -0.25) is 14.4 Å². The first-order chi connectivity index (χ1) is 15.8. The van der Waals surface area contributed by atoms with Crippen molar-refractivity contribution in [2.45, 2.75) is 45.6 Å². The van der Waals surface area contributed by atoms with Crippen molar-refractivity contribution < 1.29 is 23.9 Å². The topological polar surface area (TPSA) is 93.7 Å². The van der Waals surface area contributed by atoms with Gasteiger partial charge in [-0.25, -0.2) is 0 Å². The second-order valence-electron chi connectivity index (χ2n) is 8.14. The number of nitrogens with one attached hydrogen (secondary N) is 2. The molecule has 33 heavy (non-hydrogen) atoms. The Labute approximate surface area is 195 Å². The molecule has 2 aromatic rings. The zero-order valence-electron chi connectivity index (χ0n) is 19.8. The van der Waals surface area contributed by atoms with Gasteiger partial charge in [0, 0.05) is 0 Å². The lowest BCUT2D eigenvalue weighted by Crippen LogP contribution is -2.43. The van der Waals surface area contributed by atoms with Crippen LogP contribution >= 0.6 is 0 Å². The van der Waals surface area contributed by atoms with Crippen molar-refractivity contribution in [3.05, 3.63) is 65.7 Å². The second kappa shape index (κ2) is 13.3. The number of amides is 2. The molecule has 7 nitrogen and oxygen atoms in total. The third-order valence-corrected chi connectivity index (χ3v) is 5.41. The lowest BCUT2D eigenvalue weighted by Gasteiger charge is -2.21. The molecule has 0 fully saturated rings. The van der Waals surface area contributed by atoms with E-state index >= 15 is 0 Å². The van der Waals surface area contributed by atoms with Gasteiger partial charge in [0.2, 0.25) is 11.8 Å². The summed E-state index contributed by atoms with van der Waals surface area (Å²) in [5.74, 6) is -0.683. The SMILES string of the molecule is CCCC(C)COc1ccc([C@@H](NC(=O)[C@@H](C)c2ccccc2)C(=O)NCC(=O)OC)cc1. The largest absolute Gasteiger partial charge is 0.493 e. The predicted molar refractivity (Wildman–Crippen MR) is 127 cm³/mol. The molecule has 3 atom stereocenters.